The fourth-order valence-corrected chi connectivity index (χ4v) is 2.14. The zero-order valence-corrected chi connectivity index (χ0v) is 12.0. The summed E-state index contributed by atoms with van der Waals surface area (Å²) in [5.41, 5.74) is 0. The molecule has 0 bridgehead atoms. The average molecular weight is 261 g/mol. The van der Waals surface area contributed by atoms with Crippen molar-refractivity contribution in [2.45, 2.75) is 39.2 Å². The van der Waals surface area contributed by atoms with Gasteiger partial charge in [-0.15, -0.1) is 0 Å². The number of rotatable bonds is 7. The highest BCUT2D eigenvalue weighted by molar-refractivity contribution is 5.13. The molecule has 1 N–H and O–H groups in total. The van der Waals surface area contributed by atoms with Gasteiger partial charge in [0.2, 0.25) is 0 Å². The molecule has 0 aliphatic heterocycles. The van der Waals surface area contributed by atoms with Crippen LogP contribution in [0.1, 0.15) is 43.7 Å². The zero-order valence-electron chi connectivity index (χ0n) is 12.0. The smallest absolute Gasteiger partial charge is 0.121 e. The topological polar surface area (TPSA) is 43.0 Å². The largest absolute Gasteiger partial charge is 0.464 e. The second-order valence-corrected chi connectivity index (χ2v) is 4.82. The lowest BCUT2D eigenvalue weighted by atomic mass is 10.1. The predicted octanol–water partition coefficient (Wildman–Crippen LogP) is 2.86. The summed E-state index contributed by atoms with van der Waals surface area (Å²) < 4.78 is 7.94. The number of hydrogen-bond donors (Lipinski definition) is 1. The van der Waals surface area contributed by atoms with E-state index in [-0.39, 0.29) is 6.04 Å². The third-order valence-corrected chi connectivity index (χ3v) is 3.32. The van der Waals surface area contributed by atoms with Crippen molar-refractivity contribution in [2.24, 2.45) is 7.05 Å². The van der Waals surface area contributed by atoms with Gasteiger partial charge in [-0.05, 0) is 25.1 Å². The number of nitrogens with one attached hydrogen (secondary N) is 1. The van der Waals surface area contributed by atoms with Crippen LogP contribution >= 0.6 is 0 Å². The standard InChI is InChI=1S/C15H23N3O/c1-4-8-16-13(11-15-17-9-10-18(15)3)14-7-6-12(5-2)19-14/h6-7,9-10,13,16H,4-5,8,11H2,1-3H3. The number of imidazole rings is 1. The monoisotopic (exact) mass is 261 g/mol. The molecule has 19 heavy (non-hydrogen) atoms. The fraction of sp³-hybridized carbons (Fsp3) is 0.533. The molecule has 4 nitrogen and oxygen atoms in total. The summed E-state index contributed by atoms with van der Waals surface area (Å²) in [6.45, 7) is 5.26. The van der Waals surface area contributed by atoms with Crippen molar-refractivity contribution in [1.29, 1.82) is 0 Å². The first-order chi connectivity index (χ1) is 9.24. The van der Waals surface area contributed by atoms with E-state index in [0.29, 0.717) is 0 Å². The molecule has 0 radical (unpaired) electrons. The maximum Gasteiger partial charge on any atom is 0.121 e. The molecule has 1 unspecified atom stereocenters. The second-order valence-electron chi connectivity index (χ2n) is 4.82. The van der Waals surface area contributed by atoms with Crippen LogP contribution in [0.3, 0.4) is 0 Å². The zero-order chi connectivity index (χ0) is 13.7. The molecule has 0 saturated carbocycles. The Morgan fingerprint density at radius 2 is 2.21 bits per heavy atom. The molecule has 0 spiro atoms. The van der Waals surface area contributed by atoms with Gasteiger partial charge in [0.1, 0.15) is 17.3 Å². The summed E-state index contributed by atoms with van der Waals surface area (Å²) in [5.74, 6) is 3.12. The Morgan fingerprint density at radius 1 is 1.37 bits per heavy atom. The molecule has 2 rings (SSSR count). The van der Waals surface area contributed by atoms with Crippen LogP contribution in [-0.2, 0) is 19.9 Å². The molecule has 2 aromatic rings. The Bertz CT molecular complexity index is 501. The second kappa shape index (κ2) is 6.57. The molecule has 0 aliphatic carbocycles. The van der Waals surface area contributed by atoms with E-state index in [9.17, 15) is 0 Å². The minimum atomic E-state index is 0.196. The molecule has 0 amide bonds. The normalized spacial score (nSPS) is 12.8. The van der Waals surface area contributed by atoms with E-state index in [1.165, 1.54) is 0 Å². The lowest BCUT2D eigenvalue weighted by Gasteiger charge is -2.16. The van der Waals surface area contributed by atoms with Crippen LogP contribution in [0.2, 0.25) is 0 Å². The highest BCUT2D eigenvalue weighted by Gasteiger charge is 2.17. The van der Waals surface area contributed by atoms with E-state index >= 15 is 0 Å². The third-order valence-electron chi connectivity index (χ3n) is 3.32. The molecule has 2 heterocycles. The molecule has 104 valence electrons. The molecule has 0 aliphatic rings. The van der Waals surface area contributed by atoms with Gasteiger partial charge in [-0.3, -0.25) is 0 Å². The van der Waals surface area contributed by atoms with Gasteiger partial charge in [0.25, 0.3) is 0 Å². The van der Waals surface area contributed by atoms with E-state index in [0.717, 1.165) is 43.2 Å². The Labute approximate surface area is 114 Å². The van der Waals surface area contributed by atoms with Crippen LogP contribution in [0.25, 0.3) is 0 Å². The van der Waals surface area contributed by atoms with E-state index in [1.54, 1.807) is 0 Å². The first-order valence-corrected chi connectivity index (χ1v) is 7.02. The first-order valence-electron chi connectivity index (χ1n) is 7.02. The number of furan rings is 1. The maximum atomic E-state index is 5.88. The number of aromatic nitrogens is 2. The van der Waals surface area contributed by atoms with Gasteiger partial charge < -0.3 is 14.3 Å². The van der Waals surface area contributed by atoms with Crippen molar-refractivity contribution in [2.75, 3.05) is 6.54 Å². The molecular weight excluding hydrogens is 238 g/mol. The molecular formula is C15H23N3O. The van der Waals surface area contributed by atoms with Gasteiger partial charge in [-0.1, -0.05) is 13.8 Å². The first kappa shape index (κ1) is 13.9. The molecule has 0 aromatic carbocycles. The van der Waals surface area contributed by atoms with Crippen LogP contribution in [0.4, 0.5) is 0 Å². The van der Waals surface area contributed by atoms with Crippen LogP contribution in [0.15, 0.2) is 28.9 Å². The highest BCUT2D eigenvalue weighted by Crippen LogP contribution is 2.20. The summed E-state index contributed by atoms with van der Waals surface area (Å²) in [6.07, 6.45) is 6.71. The van der Waals surface area contributed by atoms with Gasteiger partial charge >= 0.3 is 0 Å². The SMILES string of the molecule is CCCNC(Cc1nccn1C)c1ccc(CC)o1. The van der Waals surface area contributed by atoms with Gasteiger partial charge in [0.05, 0.1) is 6.04 Å². The van der Waals surface area contributed by atoms with Crippen LogP contribution in [0.5, 0.6) is 0 Å². The van der Waals surface area contributed by atoms with Gasteiger partial charge in [0, 0.05) is 32.3 Å². The van der Waals surface area contributed by atoms with Gasteiger partial charge in [0.15, 0.2) is 0 Å². The fourth-order valence-electron chi connectivity index (χ4n) is 2.14. The van der Waals surface area contributed by atoms with Gasteiger partial charge in [-0.2, -0.15) is 0 Å². The van der Waals surface area contributed by atoms with E-state index in [4.69, 9.17) is 4.42 Å². The Kier molecular flexibility index (Phi) is 4.80. The molecule has 0 fully saturated rings. The van der Waals surface area contributed by atoms with Crippen molar-refractivity contribution < 1.29 is 4.42 Å². The van der Waals surface area contributed by atoms with Crippen molar-refractivity contribution >= 4 is 0 Å². The molecule has 0 saturated heterocycles. The third kappa shape index (κ3) is 3.47. The molecule has 2 aromatic heterocycles. The highest BCUT2D eigenvalue weighted by atomic mass is 16.3. The quantitative estimate of drug-likeness (QED) is 0.833. The lowest BCUT2D eigenvalue weighted by Crippen LogP contribution is -2.24. The average Bonchev–Trinajstić information content (AvgIpc) is 3.04. The molecule has 1 atom stereocenters. The summed E-state index contributed by atoms with van der Waals surface area (Å²) in [7, 11) is 2.03. The van der Waals surface area contributed by atoms with Crippen molar-refractivity contribution in [3.05, 3.63) is 41.9 Å². The minimum absolute atomic E-state index is 0.196. The Hall–Kier alpha value is -1.55. The molecule has 4 heteroatoms. The number of nitrogens with zero attached hydrogens (tertiary/aromatic N) is 2. The van der Waals surface area contributed by atoms with Crippen LogP contribution in [-0.4, -0.2) is 16.1 Å². The lowest BCUT2D eigenvalue weighted by molar-refractivity contribution is 0.387. The Balaban J connectivity index is 2.13. The van der Waals surface area contributed by atoms with E-state index in [2.05, 4.69) is 40.8 Å². The Morgan fingerprint density at radius 3 is 2.79 bits per heavy atom. The predicted molar refractivity (Wildman–Crippen MR) is 76.0 cm³/mol. The van der Waals surface area contributed by atoms with E-state index in [1.807, 2.05) is 19.4 Å². The maximum absolute atomic E-state index is 5.88. The summed E-state index contributed by atoms with van der Waals surface area (Å²) in [5, 5.41) is 3.54. The summed E-state index contributed by atoms with van der Waals surface area (Å²) in [6, 6.07) is 4.34. The van der Waals surface area contributed by atoms with Crippen molar-refractivity contribution in [1.82, 2.24) is 14.9 Å². The van der Waals surface area contributed by atoms with Crippen LogP contribution in [0, 0.1) is 0 Å². The van der Waals surface area contributed by atoms with Gasteiger partial charge in [-0.25, -0.2) is 4.98 Å². The van der Waals surface area contributed by atoms with Crippen molar-refractivity contribution in [3.63, 3.8) is 0 Å². The summed E-state index contributed by atoms with van der Waals surface area (Å²) >= 11 is 0. The minimum Gasteiger partial charge on any atom is -0.464 e. The van der Waals surface area contributed by atoms with Crippen LogP contribution < -0.4 is 5.32 Å². The number of hydrogen-bond acceptors (Lipinski definition) is 3. The number of aryl methyl sites for hydroxylation is 2. The summed E-state index contributed by atoms with van der Waals surface area (Å²) in [4.78, 5) is 4.40. The van der Waals surface area contributed by atoms with Crippen molar-refractivity contribution in [3.8, 4) is 0 Å². The van der Waals surface area contributed by atoms with E-state index < -0.39 is 0 Å².